The highest BCUT2D eigenvalue weighted by Crippen LogP contribution is 2.19. The largest absolute Gasteiger partial charge is 0.389 e. The van der Waals surface area contributed by atoms with Gasteiger partial charge in [-0.2, -0.15) is 11.8 Å². The van der Waals surface area contributed by atoms with Crippen LogP contribution in [0.25, 0.3) is 0 Å². The Balaban J connectivity index is 2.29. The summed E-state index contributed by atoms with van der Waals surface area (Å²) in [5.41, 5.74) is 0.809. The van der Waals surface area contributed by atoms with Crippen molar-refractivity contribution in [1.82, 2.24) is 0 Å². The van der Waals surface area contributed by atoms with E-state index in [1.807, 2.05) is 32.0 Å². The molecule has 0 saturated carbocycles. The highest BCUT2D eigenvalue weighted by atomic mass is 32.2. The maximum atomic E-state index is 9.78. The van der Waals surface area contributed by atoms with Crippen LogP contribution in [0.5, 0.6) is 0 Å². The van der Waals surface area contributed by atoms with Crippen LogP contribution >= 0.6 is 11.8 Å². The molecule has 1 aromatic rings. The van der Waals surface area contributed by atoms with Gasteiger partial charge in [0.2, 0.25) is 0 Å². The van der Waals surface area contributed by atoms with Crippen molar-refractivity contribution < 1.29 is 5.11 Å². The van der Waals surface area contributed by atoms with Crippen LogP contribution < -0.4 is 0 Å². The van der Waals surface area contributed by atoms with Crippen LogP contribution in [0.1, 0.15) is 25.8 Å². The second-order valence-corrected chi connectivity index (χ2v) is 4.81. The van der Waals surface area contributed by atoms with Crippen LogP contribution in [0.2, 0.25) is 0 Å². The molecule has 1 unspecified atom stereocenters. The summed E-state index contributed by atoms with van der Waals surface area (Å²) in [7, 11) is 0. The molecule has 0 aliphatic carbocycles. The molecule has 0 amide bonds. The Bertz CT molecular complexity index is 256. The van der Waals surface area contributed by atoms with E-state index in [-0.39, 0.29) is 0 Å². The SMILES string of the molecule is CCC(C)(O)CSCc1ccccc1. The minimum absolute atomic E-state index is 0.514. The van der Waals surface area contributed by atoms with E-state index in [4.69, 9.17) is 0 Å². The first-order valence-corrected chi connectivity index (χ1v) is 6.13. The number of rotatable bonds is 5. The van der Waals surface area contributed by atoms with E-state index in [0.29, 0.717) is 0 Å². The molecule has 14 heavy (non-hydrogen) atoms. The minimum Gasteiger partial charge on any atom is -0.389 e. The number of benzene rings is 1. The molecule has 2 heteroatoms. The third kappa shape index (κ3) is 4.16. The van der Waals surface area contributed by atoms with Crippen LogP contribution in [0.4, 0.5) is 0 Å². The standard InChI is InChI=1S/C12H18OS/c1-3-12(2,13)10-14-9-11-7-5-4-6-8-11/h4-8,13H,3,9-10H2,1-2H3. The molecule has 0 aliphatic rings. The predicted molar refractivity (Wildman–Crippen MR) is 63.5 cm³/mol. The maximum Gasteiger partial charge on any atom is 0.0707 e. The summed E-state index contributed by atoms with van der Waals surface area (Å²) in [5.74, 6) is 1.79. The molecule has 1 N–H and O–H groups in total. The Morgan fingerprint density at radius 1 is 1.29 bits per heavy atom. The summed E-state index contributed by atoms with van der Waals surface area (Å²) in [5, 5.41) is 9.78. The Labute approximate surface area is 90.5 Å². The van der Waals surface area contributed by atoms with Crippen molar-refractivity contribution in [3.8, 4) is 0 Å². The van der Waals surface area contributed by atoms with Gasteiger partial charge in [-0.05, 0) is 18.9 Å². The van der Waals surface area contributed by atoms with Gasteiger partial charge in [-0.25, -0.2) is 0 Å². The summed E-state index contributed by atoms with van der Waals surface area (Å²) in [6.07, 6.45) is 0.814. The zero-order chi connectivity index (χ0) is 10.4. The van der Waals surface area contributed by atoms with E-state index in [1.165, 1.54) is 5.56 Å². The second-order valence-electron chi connectivity index (χ2n) is 3.83. The smallest absolute Gasteiger partial charge is 0.0707 e. The lowest BCUT2D eigenvalue weighted by Gasteiger charge is -2.20. The minimum atomic E-state index is -0.514. The average Bonchev–Trinajstić information content (AvgIpc) is 2.19. The average molecular weight is 210 g/mol. The third-order valence-corrected chi connectivity index (χ3v) is 3.65. The lowest BCUT2D eigenvalue weighted by atomic mass is 10.1. The Morgan fingerprint density at radius 2 is 1.93 bits per heavy atom. The molecule has 1 rings (SSSR count). The number of aliphatic hydroxyl groups is 1. The highest BCUT2D eigenvalue weighted by molar-refractivity contribution is 7.98. The second kappa shape index (κ2) is 5.42. The van der Waals surface area contributed by atoms with Gasteiger partial charge in [0.25, 0.3) is 0 Å². The van der Waals surface area contributed by atoms with E-state index in [0.717, 1.165) is 17.9 Å². The van der Waals surface area contributed by atoms with Crippen molar-refractivity contribution in [2.45, 2.75) is 31.6 Å². The first-order chi connectivity index (χ1) is 6.64. The van der Waals surface area contributed by atoms with E-state index in [2.05, 4.69) is 12.1 Å². The normalized spacial score (nSPS) is 15.1. The van der Waals surface area contributed by atoms with Crippen molar-refractivity contribution in [3.05, 3.63) is 35.9 Å². The van der Waals surface area contributed by atoms with Gasteiger partial charge < -0.3 is 5.11 Å². The maximum absolute atomic E-state index is 9.78. The van der Waals surface area contributed by atoms with Gasteiger partial charge in [-0.3, -0.25) is 0 Å². The van der Waals surface area contributed by atoms with Gasteiger partial charge in [-0.15, -0.1) is 0 Å². The van der Waals surface area contributed by atoms with Gasteiger partial charge in [0.15, 0.2) is 0 Å². The number of hydrogen-bond donors (Lipinski definition) is 1. The van der Waals surface area contributed by atoms with Crippen LogP contribution in [-0.2, 0) is 5.75 Å². The molecule has 0 radical (unpaired) electrons. The van der Waals surface area contributed by atoms with Crippen molar-refractivity contribution in [2.24, 2.45) is 0 Å². The van der Waals surface area contributed by atoms with Crippen LogP contribution in [0, 0.1) is 0 Å². The molecule has 0 aliphatic heterocycles. The van der Waals surface area contributed by atoms with Gasteiger partial charge in [0, 0.05) is 11.5 Å². The molecule has 0 aromatic heterocycles. The number of thioether (sulfide) groups is 1. The Kier molecular flexibility index (Phi) is 4.49. The Hall–Kier alpha value is -0.470. The molecule has 1 atom stereocenters. The van der Waals surface area contributed by atoms with Crippen LogP contribution in [0.3, 0.4) is 0 Å². The zero-order valence-electron chi connectivity index (χ0n) is 8.86. The van der Waals surface area contributed by atoms with Gasteiger partial charge in [-0.1, -0.05) is 37.3 Å². The third-order valence-electron chi connectivity index (χ3n) is 2.29. The summed E-state index contributed by atoms with van der Waals surface area (Å²) in [6.45, 7) is 3.91. The van der Waals surface area contributed by atoms with E-state index >= 15 is 0 Å². The fraction of sp³-hybridized carbons (Fsp3) is 0.500. The summed E-state index contributed by atoms with van der Waals surface area (Å²) >= 11 is 1.79. The lowest BCUT2D eigenvalue weighted by Crippen LogP contribution is -2.25. The highest BCUT2D eigenvalue weighted by Gasteiger charge is 2.16. The molecule has 0 saturated heterocycles. The zero-order valence-corrected chi connectivity index (χ0v) is 9.68. The van der Waals surface area contributed by atoms with Crippen molar-refractivity contribution >= 4 is 11.8 Å². The molecule has 78 valence electrons. The fourth-order valence-electron chi connectivity index (χ4n) is 1.07. The van der Waals surface area contributed by atoms with Gasteiger partial charge in [0.05, 0.1) is 5.60 Å². The van der Waals surface area contributed by atoms with Crippen molar-refractivity contribution in [3.63, 3.8) is 0 Å². The molecule has 0 bridgehead atoms. The molecule has 0 heterocycles. The molecule has 1 aromatic carbocycles. The summed E-state index contributed by atoms with van der Waals surface area (Å²) in [4.78, 5) is 0. The van der Waals surface area contributed by atoms with Crippen LogP contribution in [0.15, 0.2) is 30.3 Å². The number of hydrogen-bond acceptors (Lipinski definition) is 2. The van der Waals surface area contributed by atoms with Crippen LogP contribution in [-0.4, -0.2) is 16.5 Å². The fourth-order valence-corrected chi connectivity index (χ4v) is 2.24. The Morgan fingerprint density at radius 3 is 2.50 bits per heavy atom. The first kappa shape index (κ1) is 11.6. The van der Waals surface area contributed by atoms with E-state index in [9.17, 15) is 5.11 Å². The molecular formula is C12H18OS. The molecule has 0 fully saturated rings. The van der Waals surface area contributed by atoms with E-state index < -0.39 is 5.60 Å². The van der Waals surface area contributed by atoms with E-state index in [1.54, 1.807) is 11.8 Å². The first-order valence-electron chi connectivity index (χ1n) is 4.98. The summed E-state index contributed by atoms with van der Waals surface area (Å²) in [6, 6.07) is 10.4. The van der Waals surface area contributed by atoms with Crippen molar-refractivity contribution in [2.75, 3.05) is 5.75 Å². The monoisotopic (exact) mass is 210 g/mol. The lowest BCUT2D eigenvalue weighted by molar-refractivity contribution is 0.0816. The molecule has 1 nitrogen and oxygen atoms in total. The van der Waals surface area contributed by atoms with Gasteiger partial charge >= 0.3 is 0 Å². The topological polar surface area (TPSA) is 20.2 Å². The quantitative estimate of drug-likeness (QED) is 0.806. The molecule has 0 spiro atoms. The predicted octanol–water partition coefficient (Wildman–Crippen LogP) is 3.08. The van der Waals surface area contributed by atoms with Gasteiger partial charge in [0.1, 0.15) is 0 Å². The molecular weight excluding hydrogens is 192 g/mol. The summed E-state index contributed by atoms with van der Waals surface area (Å²) < 4.78 is 0. The van der Waals surface area contributed by atoms with Crippen molar-refractivity contribution in [1.29, 1.82) is 0 Å².